The zero-order valence-corrected chi connectivity index (χ0v) is 17.5. The largest absolute Gasteiger partial charge is 0.493 e. The first-order valence-electron chi connectivity index (χ1n) is 9.26. The number of carbonyl (C=O) groups excluding carboxylic acids is 1. The van der Waals surface area contributed by atoms with Crippen LogP contribution >= 0.6 is 15.9 Å². The highest BCUT2D eigenvalue weighted by Gasteiger charge is 2.28. The molecule has 1 amide bonds. The average Bonchev–Trinajstić information content (AvgIpc) is 2.99. The van der Waals surface area contributed by atoms with Gasteiger partial charge in [0, 0.05) is 16.9 Å². The van der Waals surface area contributed by atoms with Gasteiger partial charge in [-0.25, -0.2) is 0 Å². The summed E-state index contributed by atoms with van der Waals surface area (Å²) >= 11 is 3.41. The first kappa shape index (κ1) is 18.6. The number of carbonyl (C=O) groups is 1. The second-order valence-electron chi connectivity index (χ2n) is 6.99. The summed E-state index contributed by atoms with van der Waals surface area (Å²) in [6.45, 7) is 0.0380. The van der Waals surface area contributed by atoms with E-state index in [2.05, 4.69) is 26.2 Å². The monoisotopic (exact) mass is 465 g/mol. The van der Waals surface area contributed by atoms with E-state index in [-0.39, 0.29) is 18.2 Å². The van der Waals surface area contributed by atoms with Crippen molar-refractivity contribution >= 4 is 49.2 Å². The molecule has 1 aliphatic rings. The average molecular weight is 466 g/mol. The van der Waals surface area contributed by atoms with Crippen molar-refractivity contribution in [3.8, 4) is 17.4 Å². The summed E-state index contributed by atoms with van der Waals surface area (Å²) in [5, 5.41) is 20.9. The maximum Gasteiger partial charge on any atom is 0.308 e. The Morgan fingerprint density at radius 2 is 1.87 bits per heavy atom. The fourth-order valence-corrected chi connectivity index (χ4v) is 3.89. The van der Waals surface area contributed by atoms with Crippen molar-refractivity contribution in [1.82, 2.24) is 4.57 Å². The summed E-state index contributed by atoms with van der Waals surface area (Å²) in [5.41, 5.74) is 1.00. The van der Waals surface area contributed by atoms with E-state index in [4.69, 9.17) is 9.47 Å². The highest BCUT2D eigenvalue weighted by atomic mass is 79.9. The molecule has 7 nitrogen and oxygen atoms in total. The molecule has 1 aromatic heterocycles. The van der Waals surface area contributed by atoms with E-state index in [1.54, 1.807) is 11.6 Å². The van der Waals surface area contributed by atoms with Gasteiger partial charge in [-0.3, -0.25) is 4.79 Å². The van der Waals surface area contributed by atoms with Gasteiger partial charge in [0.05, 0.1) is 5.52 Å². The molecule has 0 fully saturated rings. The maximum absolute atomic E-state index is 12.6. The Labute approximate surface area is 179 Å². The summed E-state index contributed by atoms with van der Waals surface area (Å²) in [6.07, 6.45) is -0.911. The molecule has 4 aromatic rings. The van der Waals surface area contributed by atoms with E-state index in [1.165, 1.54) is 0 Å². The van der Waals surface area contributed by atoms with Gasteiger partial charge in [-0.2, -0.15) is 0 Å². The number of benzene rings is 3. The van der Waals surface area contributed by atoms with Crippen LogP contribution in [0.25, 0.3) is 21.7 Å². The molecule has 1 N–H and O–H groups in total. The van der Waals surface area contributed by atoms with E-state index in [0.29, 0.717) is 16.9 Å². The number of aromatic hydroxyl groups is 1. The molecule has 0 saturated heterocycles. The van der Waals surface area contributed by atoms with Gasteiger partial charge < -0.3 is 19.1 Å². The van der Waals surface area contributed by atoms with Crippen LogP contribution in [-0.2, 0) is 11.8 Å². The highest BCUT2D eigenvalue weighted by Crippen LogP contribution is 2.40. The number of rotatable bonds is 2. The fourth-order valence-electron chi connectivity index (χ4n) is 3.52. The number of hydrogen-bond donors (Lipinski definition) is 1. The third-order valence-electron chi connectivity index (χ3n) is 5.10. The van der Waals surface area contributed by atoms with Crippen molar-refractivity contribution in [3.63, 3.8) is 0 Å². The molecule has 1 aliphatic heterocycles. The lowest BCUT2D eigenvalue weighted by atomic mass is 10.1. The minimum Gasteiger partial charge on any atom is -0.493 e. The second-order valence-corrected chi connectivity index (χ2v) is 7.91. The Kier molecular flexibility index (Phi) is 4.43. The minimum atomic E-state index is -0.911. The van der Waals surface area contributed by atoms with Gasteiger partial charge in [-0.1, -0.05) is 40.2 Å². The van der Waals surface area contributed by atoms with Gasteiger partial charge in [0.1, 0.15) is 6.61 Å². The van der Waals surface area contributed by atoms with Crippen LogP contribution in [0.1, 0.15) is 0 Å². The molecule has 1 atom stereocenters. The number of aryl methyl sites for hydroxylation is 1. The van der Waals surface area contributed by atoms with Crippen molar-refractivity contribution in [2.45, 2.75) is 6.10 Å². The molecule has 8 heteroatoms. The lowest BCUT2D eigenvalue weighted by Gasteiger charge is -2.24. The molecular formula is C22H16BrN3O4. The van der Waals surface area contributed by atoms with Crippen LogP contribution in [0.15, 0.2) is 69.3 Å². The number of halogens is 1. The smallest absolute Gasteiger partial charge is 0.308 e. The second kappa shape index (κ2) is 7.14. The Hall–Kier alpha value is -3.39. The van der Waals surface area contributed by atoms with Crippen LogP contribution in [0.5, 0.6) is 17.4 Å². The summed E-state index contributed by atoms with van der Waals surface area (Å²) in [4.78, 5) is 12.6. The number of aromatic nitrogens is 1. The molecule has 2 heterocycles. The minimum absolute atomic E-state index is 0.0380. The van der Waals surface area contributed by atoms with E-state index in [0.717, 1.165) is 20.8 Å². The first-order valence-corrected chi connectivity index (χ1v) is 10.1. The third-order valence-corrected chi connectivity index (χ3v) is 5.59. The molecule has 5 rings (SSSR count). The number of nitrogens with zero attached hydrogens (tertiary/aromatic N) is 3. The predicted molar refractivity (Wildman–Crippen MR) is 116 cm³/mol. The molecule has 0 saturated carbocycles. The van der Waals surface area contributed by atoms with Crippen LogP contribution in [0.3, 0.4) is 0 Å². The molecule has 150 valence electrons. The fraction of sp³-hybridized carbons (Fsp3) is 0.136. The number of amides is 1. The summed E-state index contributed by atoms with van der Waals surface area (Å²) in [5.74, 6) is 0.425. The van der Waals surface area contributed by atoms with Gasteiger partial charge in [0.15, 0.2) is 17.2 Å². The normalized spacial score (nSPS) is 15.9. The van der Waals surface area contributed by atoms with Crippen LogP contribution in [0.2, 0.25) is 0 Å². The number of fused-ring (bicyclic) bond motifs is 3. The van der Waals surface area contributed by atoms with E-state index < -0.39 is 12.0 Å². The van der Waals surface area contributed by atoms with E-state index in [9.17, 15) is 9.90 Å². The Morgan fingerprint density at radius 1 is 1.13 bits per heavy atom. The topological polar surface area (TPSA) is 85.4 Å². The SMILES string of the molecule is Cn1c(O)c(N=NC(=O)C2COc3cc4ccccc4cc3O2)c2cc(Br)ccc21. The third kappa shape index (κ3) is 3.09. The van der Waals surface area contributed by atoms with Gasteiger partial charge in [-0.15, -0.1) is 10.2 Å². The molecule has 1 unspecified atom stereocenters. The lowest BCUT2D eigenvalue weighted by Crippen LogP contribution is -2.35. The van der Waals surface area contributed by atoms with E-state index >= 15 is 0 Å². The van der Waals surface area contributed by atoms with Gasteiger partial charge in [-0.05, 0) is 41.1 Å². The standard InChI is InChI=1S/C22H16BrN3O4/c1-26-16-7-6-14(23)10-15(16)20(22(26)28)24-25-21(27)19-11-29-17-8-12-4-2-3-5-13(12)9-18(17)30-19/h2-10,19,28H,11H2,1H3. The number of ether oxygens (including phenoxy) is 2. The molecule has 30 heavy (non-hydrogen) atoms. The summed E-state index contributed by atoms with van der Waals surface area (Å²) in [6, 6.07) is 17.1. The van der Waals surface area contributed by atoms with E-state index in [1.807, 2.05) is 54.6 Å². The molecular weight excluding hydrogens is 450 g/mol. The quantitative estimate of drug-likeness (QED) is 0.409. The van der Waals surface area contributed by atoms with Crippen LogP contribution < -0.4 is 9.47 Å². The van der Waals surface area contributed by atoms with Crippen molar-refractivity contribution in [3.05, 3.63) is 59.1 Å². The van der Waals surface area contributed by atoms with Crippen molar-refractivity contribution < 1.29 is 19.4 Å². The molecule has 0 aliphatic carbocycles. The highest BCUT2D eigenvalue weighted by molar-refractivity contribution is 9.10. The van der Waals surface area contributed by atoms with Crippen molar-refractivity contribution in [2.24, 2.45) is 17.3 Å². The summed E-state index contributed by atoms with van der Waals surface area (Å²) < 4.78 is 14.0. The Bertz CT molecular complexity index is 1350. The zero-order valence-electron chi connectivity index (χ0n) is 15.9. The predicted octanol–water partition coefficient (Wildman–Crippen LogP) is 5.25. The molecule has 0 bridgehead atoms. The molecule has 0 spiro atoms. The van der Waals surface area contributed by atoms with Gasteiger partial charge in [0.25, 0.3) is 0 Å². The van der Waals surface area contributed by atoms with Crippen LogP contribution in [-0.4, -0.2) is 28.3 Å². The first-order chi connectivity index (χ1) is 14.5. The number of azo groups is 1. The van der Waals surface area contributed by atoms with Crippen molar-refractivity contribution in [1.29, 1.82) is 0 Å². The summed E-state index contributed by atoms with van der Waals surface area (Å²) in [7, 11) is 1.71. The maximum atomic E-state index is 12.6. The molecule has 0 radical (unpaired) electrons. The number of hydrogen-bond acceptors (Lipinski definition) is 5. The van der Waals surface area contributed by atoms with Crippen molar-refractivity contribution in [2.75, 3.05) is 6.61 Å². The van der Waals surface area contributed by atoms with Crippen LogP contribution in [0, 0.1) is 0 Å². The zero-order chi connectivity index (χ0) is 20.8. The van der Waals surface area contributed by atoms with Gasteiger partial charge in [0.2, 0.25) is 12.0 Å². The Morgan fingerprint density at radius 3 is 2.63 bits per heavy atom. The van der Waals surface area contributed by atoms with Gasteiger partial charge >= 0.3 is 5.91 Å². The Balaban J connectivity index is 1.42. The lowest BCUT2D eigenvalue weighted by molar-refractivity contribution is -0.127. The molecule has 3 aromatic carbocycles. The van der Waals surface area contributed by atoms with Crippen LogP contribution in [0.4, 0.5) is 5.69 Å².